The molecule has 33 heavy (non-hydrogen) atoms. The second-order valence-electron chi connectivity index (χ2n) is 9.53. The van der Waals surface area contributed by atoms with Crippen molar-refractivity contribution >= 4 is 29.0 Å². The van der Waals surface area contributed by atoms with Gasteiger partial charge in [-0.1, -0.05) is 11.6 Å². The van der Waals surface area contributed by atoms with Crippen LogP contribution in [0.25, 0.3) is 11.3 Å². The summed E-state index contributed by atoms with van der Waals surface area (Å²) in [4.78, 5) is 18.7. The normalized spacial score (nSPS) is 17.8. The summed E-state index contributed by atoms with van der Waals surface area (Å²) in [5.74, 6) is 0.116. The van der Waals surface area contributed by atoms with Gasteiger partial charge in [0.2, 0.25) is 0 Å². The minimum absolute atomic E-state index is 0.123. The molecule has 1 aliphatic heterocycles. The number of halogens is 4. The highest BCUT2D eigenvalue weighted by Crippen LogP contribution is 2.45. The Morgan fingerprint density at radius 1 is 1.09 bits per heavy atom. The van der Waals surface area contributed by atoms with E-state index in [-0.39, 0.29) is 23.7 Å². The van der Waals surface area contributed by atoms with E-state index in [1.165, 1.54) is 23.5 Å². The van der Waals surface area contributed by atoms with Crippen molar-refractivity contribution in [2.24, 2.45) is 0 Å². The maximum atomic E-state index is 12.8. The molecule has 0 unspecified atom stereocenters. The summed E-state index contributed by atoms with van der Waals surface area (Å²) in [5.41, 5.74) is 1.26. The van der Waals surface area contributed by atoms with E-state index in [1.54, 1.807) is 4.90 Å². The lowest BCUT2D eigenvalue weighted by Crippen LogP contribution is -2.41. The van der Waals surface area contributed by atoms with Crippen LogP contribution in [0.5, 0.6) is 5.75 Å². The molecule has 0 spiro atoms. The number of piperidine rings is 1. The number of ether oxygens (including phenoxy) is 2. The molecule has 2 aliphatic rings. The van der Waals surface area contributed by atoms with Crippen molar-refractivity contribution in [1.29, 1.82) is 0 Å². The number of amides is 1. The van der Waals surface area contributed by atoms with Crippen LogP contribution in [-0.2, 0) is 4.74 Å². The standard InChI is InChI=1S/C23H26ClF3N2O3S/c1-22(2,3)32-21(30)29-8-6-14(7-9-29)20-28-18(19(24)33-20)16-10-15(13-4-5-13)11-17(12-16)31-23(25,26)27/h10-14H,4-9H2,1-3H3. The van der Waals surface area contributed by atoms with Crippen LogP contribution in [0.2, 0.25) is 4.34 Å². The van der Waals surface area contributed by atoms with Gasteiger partial charge >= 0.3 is 12.5 Å². The van der Waals surface area contributed by atoms with Gasteiger partial charge in [-0.05, 0) is 76.1 Å². The predicted molar refractivity (Wildman–Crippen MR) is 121 cm³/mol. The lowest BCUT2D eigenvalue weighted by Gasteiger charge is -2.32. The summed E-state index contributed by atoms with van der Waals surface area (Å²) < 4.78 is 48.6. The fourth-order valence-corrected chi connectivity index (χ4v) is 5.28. The zero-order chi connectivity index (χ0) is 24.0. The summed E-state index contributed by atoms with van der Waals surface area (Å²) in [6.07, 6.45) is -1.77. The van der Waals surface area contributed by atoms with Crippen LogP contribution in [0.1, 0.15) is 68.9 Å². The van der Waals surface area contributed by atoms with E-state index in [9.17, 15) is 18.0 Å². The highest BCUT2D eigenvalue weighted by atomic mass is 35.5. The molecule has 0 bridgehead atoms. The molecule has 1 aromatic carbocycles. The molecular weight excluding hydrogens is 477 g/mol. The Balaban J connectivity index is 1.51. The molecule has 1 amide bonds. The molecule has 1 aromatic heterocycles. The molecule has 1 saturated carbocycles. The fourth-order valence-electron chi connectivity index (χ4n) is 3.91. The molecule has 10 heteroatoms. The number of hydrogen-bond donors (Lipinski definition) is 0. The molecule has 4 rings (SSSR count). The van der Waals surface area contributed by atoms with Crippen molar-refractivity contribution in [3.8, 4) is 17.0 Å². The van der Waals surface area contributed by atoms with Crippen molar-refractivity contribution in [1.82, 2.24) is 9.88 Å². The number of thiazole rings is 1. The molecule has 0 N–H and O–H groups in total. The highest BCUT2D eigenvalue weighted by molar-refractivity contribution is 7.16. The molecule has 2 aromatic rings. The Hall–Kier alpha value is -2.00. The molecular formula is C23H26ClF3N2O3S. The van der Waals surface area contributed by atoms with Gasteiger partial charge in [0.1, 0.15) is 21.4 Å². The fraction of sp³-hybridized carbons (Fsp3) is 0.565. The van der Waals surface area contributed by atoms with Gasteiger partial charge in [0, 0.05) is 24.6 Å². The number of benzene rings is 1. The first-order valence-electron chi connectivity index (χ1n) is 10.9. The molecule has 1 saturated heterocycles. The van der Waals surface area contributed by atoms with Gasteiger partial charge in [0.15, 0.2) is 0 Å². The monoisotopic (exact) mass is 502 g/mol. The van der Waals surface area contributed by atoms with Gasteiger partial charge in [0.05, 0.1) is 5.01 Å². The molecule has 1 aliphatic carbocycles. The van der Waals surface area contributed by atoms with Crippen LogP contribution >= 0.6 is 22.9 Å². The van der Waals surface area contributed by atoms with E-state index in [4.69, 9.17) is 21.3 Å². The second kappa shape index (κ2) is 8.98. The molecule has 2 fully saturated rings. The first kappa shape index (κ1) is 24.1. The van der Waals surface area contributed by atoms with Gasteiger partial charge < -0.3 is 14.4 Å². The molecule has 2 heterocycles. The Bertz CT molecular complexity index is 1020. The number of nitrogens with zero attached hydrogens (tertiary/aromatic N) is 2. The number of hydrogen-bond acceptors (Lipinski definition) is 5. The van der Waals surface area contributed by atoms with Crippen LogP contribution in [0.4, 0.5) is 18.0 Å². The number of carbonyl (C=O) groups is 1. The Morgan fingerprint density at radius 2 is 1.76 bits per heavy atom. The van der Waals surface area contributed by atoms with Gasteiger partial charge in [-0.25, -0.2) is 9.78 Å². The number of carbonyl (C=O) groups excluding carboxylic acids is 1. The minimum atomic E-state index is -4.77. The van der Waals surface area contributed by atoms with Crippen molar-refractivity contribution in [3.63, 3.8) is 0 Å². The van der Waals surface area contributed by atoms with Crippen LogP contribution in [-0.4, -0.2) is 41.0 Å². The minimum Gasteiger partial charge on any atom is -0.444 e. The van der Waals surface area contributed by atoms with Gasteiger partial charge in [-0.2, -0.15) is 0 Å². The summed E-state index contributed by atoms with van der Waals surface area (Å²) in [7, 11) is 0. The SMILES string of the molecule is CC(C)(C)OC(=O)N1CCC(c2nc(-c3cc(OC(F)(F)F)cc(C4CC4)c3)c(Cl)s2)CC1. The van der Waals surface area contributed by atoms with E-state index in [0.717, 1.165) is 23.4 Å². The van der Waals surface area contributed by atoms with Crippen molar-refractivity contribution < 1.29 is 27.4 Å². The third kappa shape index (κ3) is 6.32. The van der Waals surface area contributed by atoms with Crippen molar-refractivity contribution in [2.45, 2.75) is 70.3 Å². The predicted octanol–water partition coefficient (Wildman–Crippen LogP) is 7.35. The number of likely N-dealkylation sites (tertiary alicyclic amines) is 1. The van der Waals surface area contributed by atoms with Crippen LogP contribution in [0.15, 0.2) is 18.2 Å². The van der Waals surface area contributed by atoms with E-state index in [0.29, 0.717) is 41.5 Å². The van der Waals surface area contributed by atoms with Gasteiger partial charge in [0.25, 0.3) is 0 Å². The van der Waals surface area contributed by atoms with Crippen LogP contribution < -0.4 is 4.74 Å². The van der Waals surface area contributed by atoms with E-state index < -0.39 is 12.0 Å². The third-order valence-corrected chi connectivity index (χ3v) is 7.00. The number of alkyl halides is 3. The Labute approximate surface area is 199 Å². The van der Waals surface area contributed by atoms with Gasteiger partial charge in [-0.3, -0.25) is 0 Å². The highest BCUT2D eigenvalue weighted by Gasteiger charge is 2.33. The third-order valence-electron chi connectivity index (χ3n) is 5.58. The smallest absolute Gasteiger partial charge is 0.444 e. The lowest BCUT2D eigenvalue weighted by atomic mass is 9.98. The van der Waals surface area contributed by atoms with E-state index in [1.807, 2.05) is 26.8 Å². The summed E-state index contributed by atoms with van der Waals surface area (Å²) in [6, 6.07) is 4.65. The second-order valence-corrected chi connectivity index (χ2v) is 11.2. The molecule has 180 valence electrons. The molecule has 0 atom stereocenters. The quantitative estimate of drug-likeness (QED) is 0.438. The van der Waals surface area contributed by atoms with Crippen molar-refractivity contribution in [2.75, 3.05) is 13.1 Å². The van der Waals surface area contributed by atoms with E-state index >= 15 is 0 Å². The zero-order valence-electron chi connectivity index (χ0n) is 18.7. The number of rotatable bonds is 4. The maximum absolute atomic E-state index is 12.8. The largest absolute Gasteiger partial charge is 0.573 e. The first-order chi connectivity index (χ1) is 15.4. The average molecular weight is 503 g/mol. The average Bonchev–Trinajstić information content (AvgIpc) is 3.47. The van der Waals surface area contributed by atoms with Crippen LogP contribution in [0.3, 0.4) is 0 Å². The summed E-state index contributed by atoms with van der Waals surface area (Å²) in [5, 5.41) is 0.828. The summed E-state index contributed by atoms with van der Waals surface area (Å²) in [6.45, 7) is 6.60. The van der Waals surface area contributed by atoms with Crippen LogP contribution in [0, 0.1) is 0 Å². The topological polar surface area (TPSA) is 51.7 Å². The van der Waals surface area contributed by atoms with Gasteiger partial charge in [-0.15, -0.1) is 24.5 Å². The zero-order valence-corrected chi connectivity index (χ0v) is 20.2. The Kier molecular flexibility index (Phi) is 6.57. The number of aromatic nitrogens is 1. The Morgan fingerprint density at radius 3 is 2.33 bits per heavy atom. The van der Waals surface area contributed by atoms with E-state index in [2.05, 4.69) is 4.74 Å². The van der Waals surface area contributed by atoms with Crippen molar-refractivity contribution in [3.05, 3.63) is 33.1 Å². The molecule has 0 radical (unpaired) electrons. The lowest BCUT2D eigenvalue weighted by molar-refractivity contribution is -0.274. The summed E-state index contributed by atoms with van der Waals surface area (Å²) >= 11 is 7.83. The first-order valence-corrected chi connectivity index (χ1v) is 12.1. The maximum Gasteiger partial charge on any atom is 0.573 e. The molecule has 5 nitrogen and oxygen atoms in total.